The highest BCUT2D eigenvalue weighted by atomic mass is 32.2. The Morgan fingerprint density at radius 2 is 2.17 bits per heavy atom. The van der Waals surface area contributed by atoms with Crippen molar-refractivity contribution in [3.63, 3.8) is 0 Å². The van der Waals surface area contributed by atoms with E-state index in [4.69, 9.17) is 0 Å². The Morgan fingerprint density at radius 1 is 1.39 bits per heavy atom. The van der Waals surface area contributed by atoms with Crippen LogP contribution in [0.3, 0.4) is 0 Å². The average Bonchev–Trinajstić information content (AvgIpc) is 2.56. The van der Waals surface area contributed by atoms with Crippen LogP contribution in [0.1, 0.15) is 18.4 Å². The van der Waals surface area contributed by atoms with Crippen molar-refractivity contribution in [3.8, 4) is 0 Å². The van der Waals surface area contributed by atoms with Gasteiger partial charge in [0.1, 0.15) is 0 Å². The summed E-state index contributed by atoms with van der Waals surface area (Å²) in [6, 6.07) is 9.67. The normalized spacial score (nSPS) is 18.5. The molecule has 1 aromatic carbocycles. The molecule has 1 heterocycles. The van der Waals surface area contributed by atoms with Gasteiger partial charge in [0.25, 0.3) is 0 Å². The van der Waals surface area contributed by atoms with Gasteiger partial charge in [-0.25, -0.2) is 0 Å². The highest BCUT2D eigenvalue weighted by molar-refractivity contribution is 7.98. The third-order valence-electron chi connectivity index (χ3n) is 3.90. The number of rotatable bonds is 8. The van der Waals surface area contributed by atoms with Crippen molar-refractivity contribution >= 4 is 23.6 Å². The van der Waals surface area contributed by atoms with Crippen molar-refractivity contribution in [2.24, 2.45) is 0 Å². The average molecular weight is 335 g/mol. The standard InChI is InChI=1S/C17H25N3O2S/c1-23-11-5-8-18-16(21)12-15-17(22)19-9-10-20(15)13-14-6-3-2-4-7-14/h2-4,6-7,15H,5,8-13H2,1H3,(H,18,21)(H,19,22). The zero-order valence-electron chi connectivity index (χ0n) is 13.6. The summed E-state index contributed by atoms with van der Waals surface area (Å²) >= 11 is 1.77. The number of thioether (sulfide) groups is 1. The van der Waals surface area contributed by atoms with Crippen LogP contribution >= 0.6 is 11.8 Å². The monoisotopic (exact) mass is 335 g/mol. The molecule has 2 amide bonds. The second-order valence-electron chi connectivity index (χ2n) is 5.66. The third kappa shape index (κ3) is 5.88. The van der Waals surface area contributed by atoms with Crippen molar-refractivity contribution in [2.45, 2.75) is 25.4 Å². The van der Waals surface area contributed by atoms with E-state index < -0.39 is 0 Å². The Hall–Kier alpha value is -1.53. The smallest absolute Gasteiger partial charge is 0.237 e. The van der Waals surface area contributed by atoms with E-state index in [2.05, 4.69) is 21.8 Å². The van der Waals surface area contributed by atoms with E-state index in [9.17, 15) is 9.59 Å². The zero-order valence-corrected chi connectivity index (χ0v) is 14.4. The maximum absolute atomic E-state index is 12.2. The fraction of sp³-hybridized carbons (Fsp3) is 0.529. The van der Waals surface area contributed by atoms with Crippen LogP contribution in [0.15, 0.2) is 30.3 Å². The summed E-state index contributed by atoms with van der Waals surface area (Å²) in [6.07, 6.45) is 3.23. The van der Waals surface area contributed by atoms with Crippen molar-refractivity contribution in [1.82, 2.24) is 15.5 Å². The molecule has 1 aliphatic heterocycles. The van der Waals surface area contributed by atoms with Crippen LogP contribution in [-0.4, -0.2) is 54.4 Å². The summed E-state index contributed by atoms with van der Waals surface area (Å²) in [5, 5.41) is 5.78. The van der Waals surface area contributed by atoms with Gasteiger partial charge in [-0.2, -0.15) is 11.8 Å². The number of nitrogens with zero attached hydrogens (tertiary/aromatic N) is 1. The summed E-state index contributed by atoms with van der Waals surface area (Å²) in [4.78, 5) is 26.4. The summed E-state index contributed by atoms with van der Waals surface area (Å²) < 4.78 is 0. The molecule has 0 aliphatic carbocycles. The van der Waals surface area contributed by atoms with Gasteiger partial charge in [0.15, 0.2) is 0 Å². The second kappa shape index (κ2) is 9.57. The van der Waals surface area contributed by atoms with Gasteiger partial charge in [-0.3, -0.25) is 14.5 Å². The maximum Gasteiger partial charge on any atom is 0.237 e. The van der Waals surface area contributed by atoms with Crippen LogP contribution in [0.2, 0.25) is 0 Å². The number of piperazine rings is 1. The minimum absolute atomic E-state index is 0.0496. The van der Waals surface area contributed by atoms with E-state index >= 15 is 0 Å². The molecule has 1 atom stereocenters. The molecule has 1 aromatic rings. The quantitative estimate of drug-likeness (QED) is 0.702. The molecule has 1 fully saturated rings. The lowest BCUT2D eigenvalue weighted by atomic mass is 10.1. The van der Waals surface area contributed by atoms with Crippen LogP contribution in [0.4, 0.5) is 0 Å². The number of amides is 2. The Morgan fingerprint density at radius 3 is 2.91 bits per heavy atom. The van der Waals surface area contributed by atoms with E-state index in [0.717, 1.165) is 24.3 Å². The molecule has 126 valence electrons. The van der Waals surface area contributed by atoms with Crippen molar-refractivity contribution in [2.75, 3.05) is 31.6 Å². The summed E-state index contributed by atoms with van der Waals surface area (Å²) in [5.41, 5.74) is 1.16. The molecule has 0 bridgehead atoms. The van der Waals surface area contributed by atoms with Gasteiger partial charge in [0, 0.05) is 26.2 Å². The van der Waals surface area contributed by atoms with E-state index in [0.29, 0.717) is 19.6 Å². The van der Waals surface area contributed by atoms with Gasteiger partial charge < -0.3 is 10.6 Å². The first-order chi connectivity index (χ1) is 11.2. The Bertz CT molecular complexity index is 510. The minimum Gasteiger partial charge on any atom is -0.356 e. The molecule has 0 aromatic heterocycles. The van der Waals surface area contributed by atoms with Crippen LogP contribution in [0.25, 0.3) is 0 Å². The number of carbonyl (C=O) groups excluding carboxylic acids is 2. The topological polar surface area (TPSA) is 61.4 Å². The molecule has 2 N–H and O–H groups in total. The van der Waals surface area contributed by atoms with E-state index in [-0.39, 0.29) is 24.3 Å². The molecule has 5 nitrogen and oxygen atoms in total. The fourth-order valence-electron chi connectivity index (χ4n) is 2.68. The predicted molar refractivity (Wildman–Crippen MR) is 94.3 cm³/mol. The number of nitrogens with one attached hydrogen (secondary N) is 2. The highest BCUT2D eigenvalue weighted by Gasteiger charge is 2.31. The van der Waals surface area contributed by atoms with Gasteiger partial charge in [0.2, 0.25) is 11.8 Å². The summed E-state index contributed by atoms with van der Waals surface area (Å²) in [6.45, 7) is 2.77. The lowest BCUT2D eigenvalue weighted by Crippen LogP contribution is -2.56. The first-order valence-corrected chi connectivity index (χ1v) is 9.41. The Labute approximate surface area is 142 Å². The van der Waals surface area contributed by atoms with Gasteiger partial charge >= 0.3 is 0 Å². The fourth-order valence-corrected chi connectivity index (χ4v) is 3.12. The van der Waals surface area contributed by atoms with Gasteiger partial charge in [-0.1, -0.05) is 30.3 Å². The first-order valence-electron chi connectivity index (χ1n) is 8.02. The molecule has 1 unspecified atom stereocenters. The van der Waals surface area contributed by atoms with Crippen LogP contribution in [-0.2, 0) is 16.1 Å². The van der Waals surface area contributed by atoms with Crippen LogP contribution in [0, 0.1) is 0 Å². The number of hydrogen-bond acceptors (Lipinski definition) is 4. The molecular weight excluding hydrogens is 310 g/mol. The largest absolute Gasteiger partial charge is 0.356 e. The summed E-state index contributed by atoms with van der Waals surface area (Å²) in [7, 11) is 0. The first kappa shape index (κ1) is 17.8. The van der Waals surface area contributed by atoms with Crippen LogP contribution in [0.5, 0.6) is 0 Å². The van der Waals surface area contributed by atoms with Crippen molar-refractivity contribution in [3.05, 3.63) is 35.9 Å². The molecule has 1 saturated heterocycles. The van der Waals surface area contributed by atoms with E-state index in [1.54, 1.807) is 11.8 Å². The second-order valence-corrected chi connectivity index (χ2v) is 6.65. The van der Waals surface area contributed by atoms with Crippen molar-refractivity contribution in [1.29, 1.82) is 0 Å². The molecule has 0 radical (unpaired) electrons. The minimum atomic E-state index is -0.385. The highest BCUT2D eigenvalue weighted by Crippen LogP contribution is 2.13. The molecule has 6 heteroatoms. The Kier molecular flexibility index (Phi) is 7.42. The van der Waals surface area contributed by atoms with E-state index in [1.165, 1.54) is 0 Å². The third-order valence-corrected chi connectivity index (χ3v) is 4.59. The molecule has 1 aliphatic rings. The molecular formula is C17H25N3O2S. The Balaban J connectivity index is 1.89. The SMILES string of the molecule is CSCCCNC(=O)CC1C(=O)NCCN1Cc1ccccc1. The molecule has 0 saturated carbocycles. The lowest BCUT2D eigenvalue weighted by molar-refractivity contribution is -0.134. The number of carbonyl (C=O) groups is 2. The van der Waals surface area contributed by atoms with E-state index in [1.807, 2.05) is 30.3 Å². The van der Waals surface area contributed by atoms with Gasteiger partial charge in [-0.05, 0) is 24.0 Å². The molecule has 0 spiro atoms. The van der Waals surface area contributed by atoms with Gasteiger partial charge in [0.05, 0.1) is 12.5 Å². The maximum atomic E-state index is 12.2. The van der Waals surface area contributed by atoms with Crippen molar-refractivity contribution < 1.29 is 9.59 Å². The molecule has 2 rings (SSSR count). The number of benzene rings is 1. The predicted octanol–water partition coefficient (Wildman–Crippen LogP) is 1.25. The summed E-state index contributed by atoms with van der Waals surface area (Å²) in [5.74, 6) is 0.933. The zero-order chi connectivity index (χ0) is 16.5. The van der Waals surface area contributed by atoms with Crippen LogP contribution < -0.4 is 10.6 Å². The number of hydrogen-bond donors (Lipinski definition) is 2. The lowest BCUT2D eigenvalue weighted by Gasteiger charge is -2.34. The van der Waals surface area contributed by atoms with Gasteiger partial charge in [-0.15, -0.1) is 0 Å². The molecule has 23 heavy (non-hydrogen) atoms.